The van der Waals surface area contributed by atoms with Crippen molar-refractivity contribution in [3.05, 3.63) is 22.7 Å². The maximum atomic E-state index is 12.5. The third-order valence-corrected chi connectivity index (χ3v) is 5.75. The number of nitrogens with two attached hydrogens (primary N) is 1. The number of sulfonamides is 1. The molecule has 1 unspecified atom stereocenters. The van der Waals surface area contributed by atoms with Gasteiger partial charge in [-0.1, -0.05) is 11.6 Å². The molecule has 1 fully saturated rings. The van der Waals surface area contributed by atoms with Crippen LogP contribution in [-0.4, -0.2) is 37.5 Å². The summed E-state index contributed by atoms with van der Waals surface area (Å²) in [4.78, 5) is 0.188. The molecule has 0 radical (unpaired) electrons. The first kappa shape index (κ1) is 14.6. The zero-order valence-electron chi connectivity index (χ0n) is 10.6. The zero-order chi connectivity index (χ0) is 14.2. The van der Waals surface area contributed by atoms with E-state index >= 15 is 0 Å². The Hall–Kier alpha value is -0.820. The highest BCUT2D eigenvalue weighted by Gasteiger charge is 2.33. The van der Waals surface area contributed by atoms with Crippen LogP contribution in [0.1, 0.15) is 12.0 Å². The van der Waals surface area contributed by atoms with Gasteiger partial charge >= 0.3 is 0 Å². The second-order valence-electron chi connectivity index (χ2n) is 4.84. The Balaban J connectivity index is 2.38. The largest absolute Gasteiger partial charge is 0.397 e. The van der Waals surface area contributed by atoms with E-state index in [1.54, 1.807) is 13.0 Å². The minimum atomic E-state index is -3.57. The molecular formula is C12H17ClN2O3S. The molecule has 7 heteroatoms. The molecule has 1 heterocycles. The Morgan fingerprint density at radius 1 is 1.53 bits per heavy atom. The predicted molar refractivity (Wildman–Crippen MR) is 74.6 cm³/mol. The van der Waals surface area contributed by atoms with Crippen LogP contribution in [0.25, 0.3) is 0 Å². The van der Waals surface area contributed by atoms with Gasteiger partial charge in [0.25, 0.3) is 0 Å². The second-order valence-corrected chi connectivity index (χ2v) is 7.15. The number of hydrogen-bond acceptors (Lipinski definition) is 4. The monoisotopic (exact) mass is 304 g/mol. The van der Waals surface area contributed by atoms with Crippen molar-refractivity contribution in [1.29, 1.82) is 0 Å². The maximum absolute atomic E-state index is 12.5. The molecule has 1 saturated heterocycles. The average molecular weight is 305 g/mol. The van der Waals surface area contributed by atoms with Crippen LogP contribution in [0.4, 0.5) is 5.69 Å². The van der Waals surface area contributed by atoms with Crippen LogP contribution >= 0.6 is 11.6 Å². The molecule has 1 aromatic rings. The molecule has 0 bridgehead atoms. The van der Waals surface area contributed by atoms with E-state index in [4.69, 9.17) is 22.4 Å². The number of aryl methyl sites for hydroxylation is 1. The summed E-state index contributed by atoms with van der Waals surface area (Å²) >= 11 is 5.87. The van der Waals surface area contributed by atoms with Crippen LogP contribution in [0.3, 0.4) is 0 Å². The van der Waals surface area contributed by atoms with Crippen LogP contribution in [0.15, 0.2) is 17.0 Å². The lowest BCUT2D eigenvalue weighted by atomic mass is 10.1. The summed E-state index contributed by atoms with van der Waals surface area (Å²) < 4.78 is 26.4. The Kier molecular flexibility index (Phi) is 4.06. The Morgan fingerprint density at radius 3 is 2.79 bits per heavy atom. The summed E-state index contributed by atoms with van der Waals surface area (Å²) in [6, 6.07) is 2.96. The van der Waals surface area contributed by atoms with Gasteiger partial charge in [0.15, 0.2) is 0 Å². The molecule has 1 aliphatic heterocycles. The molecular weight excluding hydrogens is 288 g/mol. The third-order valence-electron chi connectivity index (χ3n) is 3.42. The van der Waals surface area contributed by atoms with Crippen LogP contribution in [0, 0.1) is 12.8 Å². The number of hydrogen-bond donors (Lipinski definition) is 2. The van der Waals surface area contributed by atoms with Crippen molar-refractivity contribution in [2.75, 3.05) is 25.4 Å². The number of nitrogen functional groups attached to an aromatic ring is 1. The first-order valence-corrected chi connectivity index (χ1v) is 7.84. The molecule has 0 amide bonds. The van der Waals surface area contributed by atoms with Crippen LogP contribution in [0.5, 0.6) is 0 Å². The van der Waals surface area contributed by atoms with Crippen LogP contribution < -0.4 is 5.73 Å². The molecule has 1 aliphatic rings. The molecule has 106 valence electrons. The Labute approximate surface area is 118 Å². The number of aliphatic hydroxyl groups is 1. The van der Waals surface area contributed by atoms with Crippen molar-refractivity contribution in [1.82, 2.24) is 4.31 Å². The summed E-state index contributed by atoms with van der Waals surface area (Å²) in [7, 11) is -3.57. The number of aliphatic hydroxyl groups excluding tert-OH is 1. The fourth-order valence-electron chi connectivity index (χ4n) is 2.25. The Bertz CT molecular complexity index is 589. The summed E-state index contributed by atoms with van der Waals surface area (Å²) in [6.07, 6.45) is 0.678. The van der Waals surface area contributed by atoms with Crippen LogP contribution in [-0.2, 0) is 10.0 Å². The molecule has 0 saturated carbocycles. The van der Waals surface area contributed by atoms with Gasteiger partial charge in [-0.15, -0.1) is 0 Å². The third kappa shape index (κ3) is 2.72. The maximum Gasteiger partial charge on any atom is 0.243 e. The van der Waals surface area contributed by atoms with E-state index in [1.807, 2.05) is 0 Å². The highest BCUT2D eigenvalue weighted by Crippen LogP contribution is 2.30. The number of halogens is 1. The van der Waals surface area contributed by atoms with Gasteiger partial charge in [0.2, 0.25) is 10.0 Å². The fraction of sp³-hybridized carbons (Fsp3) is 0.500. The van der Waals surface area contributed by atoms with Gasteiger partial charge in [0, 0.05) is 19.7 Å². The zero-order valence-corrected chi connectivity index (χ0v) is 12.2. The quantitative estimate of drug-likeness (QED) is 0.823. The van der Waals surface area contributed by atoms with Gasteiger partial charge in [-0.2, -0.15) is 4.31 Å². The lowest BCUT2D eigenvalue weighted by Gasteiger charge is -2.18. The van der Waals surface area contributed by atoms with Crippen molar-refractivity contribution in [2.45, 2.75) is 18.2 Å². The van der Waals surface area contributed by atoms with Crippen LogP contribution in [0.2, 0.25) is 5.02 Å². The molecule has 0 aliphatic carbocycles. The molecule has 1 aromatic carbocycles. The first-order chi connectivity index (χ1) is 8.86. The minimum absolute atomic E-state index is 0.00770. The molecule has 3 N–H and O–H groups in total. The van der Waals surface area contributed by atoms with Crippen molar-refractivity contribution < 1.29 is 13.5 Å². The highest BCUT2D eigenvalue weighted by atomic mass is 35.5. The van der Waals surface area contributed by atoms with Crippen molar-refractivity contribution >= 4 is 27.3 Å². The summed E-state index contributed by atoms with van der Waals surface area (Å²) in [5.74, 6) is 0.0136. The molecule has 0 aromatic heterocycles. The van der Waals surface area contributed by atoms with Gasteiger partial charge in [0.05, 0.1) is 15.6 Å². The van der Waals surface area contributed by atoms with E-state index in [1.165, 1.54) is 10.4 Å². The number of nitrogens with zero attached hydrogens (tertiary/aromatic N) is 1. The van der Waals surface area contributed by atoms with Gasteiger partial charge in [-0.25, -0.2) is 8.42 Å². The van der Waals surface area contributed by atoms with E-state index in [0.717, 1.165) is 0 Å². The predicted octanol–water partition coefficient (Wildman–Crippen LogP) is 1.23. The van der Waals surface area contributed by atoms with E-state index in [0.29, 0.717) is 30.1 Å². The van der Waals surface area contributed by atoms with Gasteiger partial charge in [-0.3, -0.25) is 0 Å². The van der Waals surface area contributed by atoms with Crippen molar-refractivity contribution in [3.8, 4) is 0 Å². The highest BCUT2D eigenvalue weighted by molar-refractivity contribution is 7.89. The smallest absolute Gasteiger partial charge is 0.243 e. The van der Waals surface area contributed by atoms with Crippen molar-refractivity contribution in [2.24, 2.45) is 5.92 Å². The number of rotatable bonds is 3. The molecule has 19 heavy (non-hydrogen) atoms. The number of anilines is 1. The molecule has 0 spiro atoms. The first-order valence-electron chi connectivity index (χ1n) is 6.03. The molecule has 2 rings (SSSR count). The normalized spacial score (nSPS) is 20.9. The van der Waals surface area contributed by atoms with Crippen molar-refractivity contribution in [3.63, 3.8) is 0 Å². The molecule has 5 nitrogen and oxygen atoms in total. The summed E-state index contributed by atoms with van der Waals surface area (Å²) in [5, 5.41) is 9.45. The van der Waals surface area contributed by atoms with Gasteiger partial charge in [-0.05, 0) is 37.0 Å². The van der Waals surface area contributed by atoms with Gasteiger partial charge < -0.3 is 10.8 Å². The Morgan fingerprint density at radius 2 is 2.21 bits per heavy atom. The SMILES string of the molecule is Cc1cc(Cl)c(N)cc1S(=O)(=O)N1CCC(CO)C1. The summed E-state index contributed by atoms with van der Waals surface area (Å²) in [6.45, 7) is 2.47. The average Bonchev–Trinajstić information content (AvgIpc) is 2.83. The second kappa shape index (κ2) is 5.28. The number of benzene rings is 1. The lowest BCUT2D eigenvalue weighted by Crippen LogP contribution is -2.30. The van der Waals surface area contributed by atoms with E-state index in [-0.39, 0.29) is 23.1 Å². The molecule has 1 atom stereocenters. The van der Waals surface area contributed by atoms with E-state index in [9.17, 15) is 8.42 Å². The van der Waals surface area contributed by atoms with E-state index < -0.39 is 10.0 Å². The minimum Gasteiger partial charge on any atom is -0.397 e. The standard InChI is InChI=1S/C12H17ClN2O3S/c1-8-4-10(13)11(14)5-12(8)19(17,18)15-3-2-9(6-15)7-16/h4-5,9,16H,2-3,6-7,14H2,1H3. The fourth-order valence-corrected chi connectivity index (χ4v) is 4.24. The topological polar surface area (TPSA) is 83.6 Å². The van der Waals surface area contributed by atoms with E-state index in [2.05, 4.69) is 0 Å². The summed E-state index contributed by atoms with van der Waals surface area (Å²) in [5.41, 5.74) is 6.51. The van der Waals surface area contributed by atoms with Gasteiger partial charge in [0.1, 0.15) is 0 Å². The lowest BCUT2D eigenvalue weighted by molar-refractivity contribution is 0.233.